The number of amides is 1. The first-order valence-corrected chi connectivity index (χ1v) is 9.47. The molecule has 0 spiro atoms. The lowest BCUT2D eigenvalue weighted by Gasteiger charge is -2.12. The standard InChI is InChI=1S/C21H23NO4S/c1-14-9-10-15(2)17(11-14)18(23)12-26-21(25)16-7-5-6-8-19(16)27-13-20(24)22(3)4/h5-11H,12-13H2,1-4H3. The second kappa shape index (κ2) is 9.37. The van der Waals surface area contributed by atoms with Crippen LogP contribution in [-0.4, -0.2) is 49.0 Å². The van der Waals surface area contributed by atoms with E-state index in [1.807, 2.05) is 26.0 Å². The highest BCUT2D eigenvalue weighted by molar-refractivity contribution is 8.00. The van der Waals surface area contributed by atoms with Crippen molar-refractivity contribution in [3.8, 4) is 0 Å². The van der Waals surface area contributed by atoms with Crippen LogP contribution in [-0.2, 0) is 9.53 Å². The maximum absolute atomic E-state index is 12.4. The second-order valence-corrected chi connectivity index (χ2v) is 7.41. The van der Waals surface area contributed by atoms with E-state index >= 15 is 0 Å². The number of carbonyl (C=O) groups excluding carboxylic acids is 3. The minimum absolute atomic E-state index is 0.0479. The minimum Gasteiger partial charge on any atom is -0.454 e. The number of thioether (sulfide) groups is 1. The van der Waals surface area contributed by atoms with Gasteiger partial charge >= 0.3 is 5.97 Å². The number of aryl methyl sites for hydroxylation is 2. The van der Waals surface area contributed by atoms with Gasteiger partial charge in [-0.2, -0.15) is 0 Å². The molecule has 0 aliphatic carbocycles. The Bertz CT molecular complexity index is 861. The molecule has 0 aliphatic rings. The highest BCUT2D eigenvalue weighted by Gasteiger charge is 2.17. The Hall–Kier alpha value is -2.60. The number of Topliss-reactive ketones (excluding diaryl/α,β-unsaturated/α-hetero) is 1. The number of rotatable bonds is 7. The lowest BCUT2D eigenvalue weighted by Crippen LogP contribution is -2.23. The fourth-order valence-electron chi connectivity index (χ4n) is 2.35. The summed E-state index contributed by atoms with van der Waals surface area (Å²) in [5.74, 6) is -0.640. The molecule has 142 valence electrons. The van der Waals surface area contributed by atoms with Gasteiger partial charge in [0.15, 0.2) is 6.61 Å². The maximum atomic E-state index is 12.4. The van der Waals surface area contributed by atoms with Gasteiger partial charge in [0, 0.05) is 24.6 Å². The Labute approximate surface area is 163 Å². The molecule has 0 fully saturated rings. The zero-order chi connectivity index (χ0) is 20.0. The molecule has 2 aromatic carbocycles. The number of ketones is 1. The summed E-state index contributed by atoms with van der Waals surface area (Å²) in [6.45, 7) is 3.44. The van der Waals surface area contributed by atoms with Gasteiger partial charge in [0.05, 0.1) is 11.3 Å². The number of nitrogens with zero attached hydrogens (tertiary/aromatic N) is 1. The van der Waals surface area contributed by atoms with Crippen molar-refractivity contribution < 1.29 is 19.1 Å². The molecule has 1 amide bonds. The van der Waals surface area contributed by atoms with Crippen molar-refractivity contribution >= 4 is 29.4 Å². The van der Waals surface area contributed by atoms with Crippen molar-refractivity contribution in [3.63, 3.8) is 0 Å². The first-order chi connectivity index (χ1) is 12.8. The van der Waals surface area contributed by atoms with Gasteiger partial charge in [-0.05, 0) is 37.6 Å². The highest BCUT2D eigenvalue weighted by atomic mass is 32.2. The Kier molecular flexibility index (Phi) is 7.19. The monoisotopic (exact) mass is 385 g/mol. The van der Waals surface area contributed by atoms with Crippen LogP contribution in [0.3, 0.4) is 0 Å². The molecule has 2 rings (SSSR count). The van der Waals surface area contributed by atoms with Crippen LogP contribution >= 0.6 is 11.8 Å². The van der Waals surface area contributed by atoms with Crippen LogP contribution < -0.4 is 0 Å². The summed E-state index contributed by atoms with van der Waals surface area (Å²) in [6, 6.07) is 12.5. The summed E-state index contributed by atoms with van der Waals surface area (Å²) in [5, 5.41) is 0. The van der Waals surface area contributed by atoms with Crippen LogP contribution in [0, 0.1) is 13.8 Å². The van der Waals surface area contributed by atoms with Gasteiger partial charge in [-0.1, -0.05) is 29.8 Å². The fraction of sp³-hybridized carbons (Fsp3) is 0.286. The van der Waals surface area contributed by atoms with E-state index in [4.69, 9.17) is 4.74 Å². The van der Waals surface area contributed by atoms with Crippen LogP contribution in [0.1, 0.15) is 31.8 Å². The molecule has 0 aromatic heterocycles. The van der Waals surface area contributed by atoms with E-state index in [9.17, 15) is 14.4 Å². The molecule has 0 saturated heterocycles. The van der Waals surface area contributed by atoms with Crippen LogP contribution in [0.5, 0.6) is 0 Å². The van der Waals surface area contributed by atoms with Crippen molar-refractivity contribution in [2.75, 3.05) is 26.5 Å². The molecule has 2 aromatic rings. The molecule has 6 heteroatoms. The Morgan fingerprint density at radius 2 is 1.70 bits per heavy atom. The van der Waals surface area contributed by atoms with E-state index in [0.717, 1.165) is 11.1 Å². The first kappa shape index (κ1) is 20.7. The van der Waals surface area contributed by atoms with Gasteiger partial charge < -0.3 is 9.64 Å². The van der Waals surface area contributed by atoms with Crippen LogP contribution in [0.25, 0.3) is 0 Å². The Balaban J connectivity index is 2.04. The molecule has 0 bridgehead atoms. The van der Waals surface area contributed by atoms with E-state index in [0.29, 0.717) is 16.0 Å². The molecule has 0 N–H and O–H groups in total. The molecule has 27 heavy (non-hydrogen) atoms. The fourth-order valence-corrected chi connectivity index (χ4v) is 3.37. The van der Waals surface area contributed by atoms with Crippen molar-refractivity contribution in [3.05, 3.63) is 64.7 Å². The van der Waals surface area contributed by atoms with Crippen LogP contribution in [0.2, 0.25) is 0 Å². The molecular formula is C21H23NO4S. The first-order valence-electron chi connectivity index (χ1n) is 8.49. The van der Waals surface area contributed by atoms with Gasteiger partial charge in [-0.15, -0.1) is 11.8 Å². The molecule has 0 aliphatic heterocycles. The topological polar surface area (TPSA) is 63.7 Å². The smallest absolute Gasteiger partial charge is 0.339 e. The highest BCUT2D eigenvalue weighted by Crippen LogP contribution is 2.23. The van der Waals surface area contributed by atoms with Crippen molar-refractivity contribution in [1.29, 1.82) is 0 Å². The third-order valence-corrected chi connectivity index (χ3v) is 5.04. The number of benzene rings is 2. The van der Waals surface area contributed by atoms with E-state index in [1.54, 1.807) is 44.4 Å². The average Bonchev–Trinajstić information content (AvgIpc) is 2.65. The van der Waals surface area contributed by atoms with E-state index in [2.05, 4.69) is 0 Å². The normalized spacial score (nSPS) is 10.4. The molecule has 0 radical (unpaired) electrons. The third-order valence-electron chi connectivity index (χ3n) is 3.98. The van der Waals surface area contributed by atoms with Crippen LogP contribution in [0.15, 0.2) is 47.4 Å². The summed E-state index contributed by atoms with van der Waals surface area (Å²) >= 11 is 1.27. The van der Waals surface area contributed by atoms with Crippen LogP contribution in [0.4, 0.5) is 0 Å². The largest absolute Gasteiger partial charge is 0.454 e. The predicted molar refractivity (Wildman–Crippen MR) is 106 cm³/mol. The molecule has 5 nitrogen and oxygen atoms in total. The van der Waals surface area contributed by atoms with E-state index < -0.39 is 5.97 Å². The lowest BCUT2D eigenvalue weighted by atomic mass is 10.0. The van der Waals surface area contributed by atoms with Gasteiger partial charge in [0.2, 0.25) is 11.7 Å². The second-order valence-electron chi connectivity index (χ2n) is 6.39. The van der Waals surface area contributed by atoms with Gasteiger partial charge in [-0.25, -0.2) is 4.79 Å². The van der Waals surface area contributed by atoms with E-state index in [-0.39, 0.29) is 24.1 Å². The van der Waals surface area contributed by atoms with Gasteiger partial charge in [-0.3, -0.25) is 9.59 Å². The number of carbonyl (C=O) groups is 3. The molecule has 0 atom stereocenters. The maximum Gasteiger partial charge on any atom is 0.339 e. The van der Waals surface area contributed by atoms with Crippen molar-refractivity contribution in [2.24, 2.45) is 0 Å². The lowest BCUT2D eigenvalue weighted by molar-refractivity contribution is -0.125. The molecule has 0 saturated carbocycles. The summed E-state index contributed by atoms with van der Waals surface area (Å²) in [5.41, 5.74) is 2.73. The summed E-state index contributed by atoms with van der Waals surface area (Å²) in [6.07, 6.45) is 0. The third kappa shape index (κ3) is 5.69. The van der Waals surface area contributed by atoms with Gasteiger partial charge in [0.25, 0.3) is 0 Å². The number of hydrogen-bond donors (Lipinski definition) is 0. The summed E-state index contributed by atoms with van der Waals surface area (Å²) in [7, 11) is 3.36. The molecular weight excluding hydrogens is 362 g/mol. The Morgan fingerprint density at radius 1 is 1.00 bits per heavy atom. The number of hydrogen-bond acceptors (Lipinski definition) is 5. The SMILES string of the molecule is Cc1ccc(C)c(C(=O)COC(=O)c2ccccc2SCC(=O)N(C)C)c1. The minimum atomic E-state index is -0.575. The summed E-state index contributed by atoms with van der Waals surface area (Å²) in [4.78, 5) is 38.8. The zero-order valence-electron chi connectivity index (χ0n) is 15.9. The molecule has 0 unspecified atom stereocenters. The number of ether oxygens (including phenoxy) is 1. The van der Waals surface area contributed by atoms with E-state index in [1.165, 1.54) is 16.7 Å². The summed E-state index contributed by atoms with van der Waals surface area (Å²) < 4.78 is 5.24. The quantitative estimate of drug-likeness (QED) is 0.414. The number of esters is 1. The Morgan fingerprint density at radius 3 is 2.41 bits per heavy atom. The predicted octanol–water partition coefficient (Wildman–Crippen LogP) is 3.52. The van der Waals surface area contributed by atoms with Crippen molar-refractivity contribution in [1.82, 2.24) is 4.90 Å². The zero-order valence-corrected chi connectivity index (χ0v) is 16.8. The molecule has 0 heterocycles. The van der Waals surface area contributed by atoms with Crippen molar-refractivity contribution in [2.45, 2.75) is 18.7 Å². The van der Waals surface area contributed by atoms with Gasteiger partial charge in [0.1, 0.15) is 0 Å². The average molecular weight is 385 g/mol.